The van der Waals surface area contributed by atoms with Crippen molar-refractivity contribution in [2.45, 2.75) is 18.8 Å². The summed E-state index contributed by atoms with van der Waals surface area (Å²) in [6.07, 6.45) is -0.488. The molecular weight excluding hydrogens is 397 g/mol. The summed E-state index contributed by atoms with van der Waals surface area (Å²) in [5.74, 6) is -2.70. The van der Waals surface area contributed by atoms with E-state index in [-0.39, 0.29) is 11.8 Å². The lowest BCUT2D eigenvalue weighted by atomic mass is 10.1. The van der Waals surface area contributed by atoms with E-state index < -0.39 is 39.4 Å². The number of aldehydes is 1. The van der Waals surface area contributed by atoms with E-state index in [9.17, 15) is 17.6 Å². The molecule has 0 radical (unpaired) electrons. The van der Waals surface area contributed by atoms with E-state index in [0.717, 1.165) is 6.07 Å². The second-order valence-electron chi connectivity index (χ2n) is 5.53. The standard InChI is InChI=1S/C18H17ClFNO5S/c1-12(13-6-8-15(19)9-7-13)25-18(21)17(10-22)26-27(23,24)11-14-4-2-3-5-16(14)20/h2-10,12H,11,21H2,1H3/b18-17+. The summed E-state index contributed by atoms with van der Waals surface area (Å²) in [5, 5.41) is 0.533. The Balaban J connectivity index is 2.14. The summed E-state index contributed by atoms with van der Waals surface area (Å²) in [6, 6.07) is 12.0. The van der Waals surface area contributed by atoms with Crippen LogP contribution < -0.4 is 5.73 Å². The Hall–Kier alpha value is -2.58. The zero-order valence-corrected chi connectivity index (χ0v) is 15.8. The molecule has 2 N–H and O–H groups in total. The molecule has 0 saturated carbocycles. The van der Waals surface area contributed by atoms with Crippen LogP contribution in [0.15, 0.2) is 60.2 Å². The van der Waals surface area contributed by atoms with Gasteiger partial charge in [-0.2, -0.15) is 8.42 Å². The minimum atomic E-state index is -4.33. The van der Waals surface area contributed by atoms with Crippen LogP contribution in [0.4, 0.5) is 4.39 Å². The monoisotopic (exact) mass is 413 g/mol. The van der Waals surface area contributed by atoms with Crippen molar-refractivity contribution < 1.29 is 26.5 Å². The van der Waals surface area contributed by atoms with Gasteiger partial charge in [-0.3, -0.25) is 4.79 Å². The number of rotatable bonds is 8. The molecule has 2 rings (SSSR count). The zero-order chi connectivity index (χ0) is 20.0. The average molecular weight is 414 g/mol. The summed E-state index contributed by atoms with van der Waals surface area (Å²) >= 11 is 5.81. The third-order valence-corrected chi connectivity index (χ3v) is 4.85. The predicted octanol–water partition coefficient (Wildman–Crippen LogP) is 3.43. The molecule has 9 heteroatoms. The first-order valence-corrected chi connectivity index (χ1v) is 9.70. The molecule has 0 heterocycles. The van der Waals surface area contributed by atoms with E-state index in [1.165, 1.54) is 18.2 Å². The van der Waals surface area contributed by atoms with Gasteiger partial charge in [0.05, 0.1) is 0 Å². The maximum atomic E-state index is 13.6. The van der Waals surface area contributed by atoms with Crippen molar-refractivity contribution >= 4 is 28.0 Å². The van der Waals surface area contributed by atoms with Gasteiger partial charge in [-0.1, -0.05) is 41.9 Å². The number of carbonyl (C=O) groups excluding carboxylic acids is 1. The van der Waals surface area contributed by atoms with Crippen molar-refractivity contribution in [3.63, 3.8) is 0 Å². The fraction of sp³-hybridized carbons (Fsp3) is 0.167. The predicted molar refractivity (Wildman–Crippen MR) is 98.3 cm³/mol. The van der Waals surface area contributed by atoms with Crippen LogP contribution in [0, 0.1) is 5.82 Å². The molecule has 6 nitrogen and oxygen atoms in total. The van der Waals surface area contributed by atoms with Crippen LogP contribution in [0.1, 0.15) is 24.2 Å². The Morgan fingerprint density at radius 3 is 2.44 bits per heavy atom. The molecule has 144 valence electrons. The molecule has 0 aliphatic rings. The van der Waals surface area contributed by atoms with Crippen molar-refractivity contribution in [2.24, 2.45) is 5.73 Å². The van der Waals surface area contributed by atoms with Gasteiger partial charge < -0.3 is 14.7 Å². The topological polar surface area (TPSA) is 95.7 Å². The van der Waals surface area contributed by atoms with Crippen molar-refractivity contribution in [2.75, 3.05) is 0 Å². The third-order valence-electron chi connectivity index (χ3n) is 3.50. The lowest BCUT2D eigenvalue weighted by Crippen LogP contribution is -2.17. The summed E-state index contributed by atoms with van der Waals surface area (Å²) in [7, 11) is -4.33. The van der Waals surface area contributed by atoms with Gasteiger partial charge in [0.15, 0.2) is 6.29 Å². The first-order valence-electron chi connectivity index (χ1n) is 7.74. The van der Waals surface area contributed by atoms with Gasteiger partial charge in [-0.05, 0) is 30.7 Å². The molecule has 1 atom stereocenters. The zero-order valence-electron chi connectivity index (χ0n) is 14.3. The number of carbonyl (C=O) groups is 1. The van der Waals surface area contributed by atoms with E-state index in [2.05, 4.69) is 0 Å². The van der Waals surface area contributed by atoms with Crippen LogP contribution in [0.3, 0.4) is 0 Å². The molecule has 0 bridgehead atoms. The summed E-state index contributed by atoms with van der Waals surface area (Å²) in [5.41, 5.74) is 6.26. The molecule has 1 unspecified atom stereocenters. The van der Waals surface area contributed by atoms with Crippen molar-refractivity contribution in [3.8, 4) is 0 Å². The highest BCUT2D eigenvalue weighted by Gasteiger charge is 2.21. The number of nitrogens with two attached hydrogens (primary N) is 1. The van der Waals surface area contributed by atoms with E-state index in [0.29, 0.717) is 10.6 Å². The van der Waals surface area contributed by atoms with E-state index in [1.807, 2.05) is 0 Å². The highest BCUT2D eigenvalue weighted by atomic mass is 35.5. The molecule has 0 fully saturated rings. The van der Waals surface area contributed by atoms with Gasteiger partial charge in [0, 0.05) is 10.6 Å². The van der Waals surface area contributed by atoms with Gasteiger partial charge in [0.1, 0.15) is 17.7 Å². The Bertz CT molecular complexity index is 944. The second-order valence-corrected chi connectivity index (χ2v) is 7.54. The molecule has 2 aromatic carbocycles. The maximum absolute atomic E-state index is 13.6. The molecule has 2 aromatic rings. The highest BCUT2D eigenvalue weighted by molar-refractivity contribution is 7.86. The van der Waals surface area contributed by atoms with E-state index >= 15 is 0 Å². The Morgan fingerprint density at radius 1 is 1.22 bits per heavy atom. The Labute approximate surface area is 161 Å². The van der Waals surface area contributed by atoms with Crippen LogP contribution in [0.25, 0.3) is 0 Å². The minimum absolute atomic E-state index is 0.100. The molecule has 0 spiro atoms. The normalized spacial score (nSPS) is 13.4. The first-order chi connectivity index (χ1) is 12.7. The number of benzene rings is 2. The molecule has 0 aliphatic heterocycles. The van der Waals surface area contributed by atoms with Gasteiger partial charge in [0.25, 0.3) is 0 Å². The number of allylic oxidation sites excluding steroid dienone is 1. The fourth-order valence-corrected chi connectivity index (χ4v) is 3.34. The first kappa shape index (κ1) is 20.7. The number of hydrogen-bond acceptors (Lipinski definition) is 6. The van der Waals surface area contributed by atoms with Gasteiger partial charge in [-0.25, -0.2) is 4.39 Å². The molecular formula is C18H17ClFNO5S. The molecule has 0 amide bonds. The second kappa shape index (κ2) is 8.88. The summed E-state index contributed by atoms with van der Waals surface area (Å²) in [6.45, 7) is 1.65. The van der Waals surface area contributed by atoms with Crippen molar-refractivity contribution in [3.05, 3.63) is 82.1 Å². The Kier molecular flexibility index (Phi) is 6.81. The molecule has 0 aromatic heterocycles. The molecule has 0 saturated heterocycles. The highest BCUT2D eigenvalue weighted by Crippen LogP contribution is 2.22. The van der Waals surface area contributed by atoms with Crippen LogP contribution in [-0.4, -0.2) is 14.7 Å². The van der Waals surface area contributed by atoms with Crippen LogP contribution in [-0.2, 0) is 29.6 Å². The lowest BCUT2D eigenvalue weighted by Gasteiger charge is -2.16. The number of halogens is 2. The third kappa shape index (κ3) is 5.97. The van der Waals surface area contributed by atoms with Crippen molar-refractivity contribution in [1.82, 2.24) is 0 Å². The number of hydrogen-bond donors (Lipinski definition) is 1. The lowest BCUT2D eigenvalue weighted by molar-refractivity contribution is -0.107. The smallest absolute Gasteiger partial charge is 0.313 e. The van der Waals surface area contributed by atoms with Gasteiger partial charge >= 0.3 is 10.1 Å². The minimum Gasteiger partial charge on any atom is -0.469 e. The average Bonchev–Trinajstić information content (AvgIpc) is 2.62. The van der Waals surface area contributed by atoms with Gasteiger partial charge in [-0.15, -0.1) is 0 Å². The summed E-state index contributed by atoms with van der Waals surface area (Å²) in [4.78, 5) is 11.2. The van der Waals surface area contributed by atoms with E-state index in [1.54, 1.807) is 31.2 Å². The Morgan fingerprint density at radius 2 is 1.85 bits per heavy atom. The van der Waals surface area contributed by atoms with Crippen LogP contribution >= 0.6 is 11.6 Å². The largest absolute Gasteiger partial charge is 0.469 e. The van der Waals surface area contributed by atoms with Crippen LogP contribution in [0.5, 0.6) is 0 Å². The summed E-state index contributed by atoms with van der Waals surface area (Å²) < 4.78 is 47.9. The van der Waals surface area contributed by atoms with Crippen LogP contribution in [0.2, 0.25) is 5.02 Å². The SMILES string of the molecule is CC(O/C(N)=C(\C=O)OS(=O)(=O)Cc1ccccc1F)c1ccc(Cl)cc1. The molecule has 0 aliphatic carbocycles. The fourth-order valence-electron chi connectivity index (χ4n) is 2.14. The maximum Gasteiger partial charge on any atom is 0.313 e. The number of ether oxygens (including phenoxy) is 1. The quantitative estimate of drug-likeness (QED) is 0.308. The van der Waals surface area contributed by atoms with Gasteiger partial charge in [0.2, 0.25) is 11.6 Å². The molecule has 27 heavy (non-hydrogen) atoms. The van der Waals surface area contributed by atoms with Crippen molar-refractivity contribution in [1.29, 1.82) is 0 Å². The van der Waals surface area contributed by atoms with E-state index in [4.69, 9.17) is 26.3 Å².